The number of benzene rings is 9. The number of aliphatic imine (C=N–C) groups is 2. The summed E-state index contributed by atoms with van der Waals surface area (Å²) in [6.45, 7) is 11.5. The van der Waals surface area contributed by atoms with Gasteiger partial charge in [-0.25, -0.2) is 24.1 Å². The van der Waals surface area contributed by atoms with Crippen molar-refractivity contribution in [1.82, 2.24) is 19.6 Å². The summed E-state index contributed by atoms with van der Waals surface area (Å²) in [4.78, 5) is 116. The van der Waals surface area contributed by atoms with Crippen molar-refractivity contribution in [3.05, 3.63) is 300 Å². The second-order valence-corrected chi connectivity index (χ2v) is 33.8. The van der Waals surface area contributed by atoms with Crippen molar-refractivity contribution in [2.75, 3.05) is 78.2 Å². The molecule has 3 fully saturated rings. The van der Waals surface area contributed by atoms with Gasteiger partial charge in [-0.3, -0.25) is 29.0 Å². The van der Waals surface area contributed by atoms with Crippen LogP contribution in [0.3, 0.4) is 0 Å². The van der Waals surface area contributed by atoms with Crippen LogP contribution in [0.5, 0.6) is 34.5 Å². The van der Waals surface area contributed by atoms with Crippen LogP contribution in [0.2, 0.25) is 0 Å². The molecule has 12 aromatic rings. The van der Waals surface area contributed by atoms with E-state index in [1.165, 1.54) is 103 Å². The number of methoxy groups -OCH3 is 2. The van der Waals surface area contributed by atoms with E-state index in [9.17, 15) is 48.6 Å². The van der Waals surface area contributed by atoms with E-state index < -0.39 is 45.5 Å². The first kappa shape index (κ1) is 89.7. The molecule has 3 aromatic heterocycles. The molecule has 18 rings (SSSR count). The normalized spacial score (nSPS) is 16.4. The molecule has 6 aliphatic rings. The zero-order chi connectivity index (χ0) is 90.3. The first-order valence-corrected chi connectivity index (χ1v) is 44.3. The Balaban J connectivity index is 0.000000132. The number of amides is 3. The number of fused-ring (bicyclic) bond motifs is 4. The number of rotatable bonds is 23. The van der Waals surface area contributed by atoms with Gasteiger partial charge in [0.25, 0.3) is 11.8 Å². The lowest BCUT2D eigenvalue weighted by atomic mass is 9.75. The van der Waals surface area contributed by atoms with E-state index in [2.05, 4.69) is 72.5 Å². The van der Waals surface area contributed by atoms with Crippen molar-refractivity contribution in [3.63, 3.8) is 0 Å². The number of piperidine rings is 2. The summed E-state index contributed by atoms with van der Waals surface area (Å²) in [6.07, 6.45) is 10.4. The number of hydrogen-bond donors (Lipinski definition) is 3. The van der Waals surface area contributed by atoms with Gasteiger partial charge < -0.3 is 67.3 Å². The summed E-state index contributed by atoms with van der Waals surface area (Å²) in [5, 5.41) is 31.4. The largest absolute Gasteiger partial charge is 0.507 e. The molecule has 26 nitrogen and oxygen atoms in total. The quantitative estimate of drug-likeness (QED) is 0.0304. The number of esters is 3. The van der Waals surface area contributed by atoms with E-state index in [-0.39, 0.29) is 87.6 Å². The second kappa shape index (κ2) is 40.7. The van der Waals surface area contributed by atoms with Crippen LogP contribution in [-0.2, 0) is 41.4 Å². The molecule has 0 spiro atoms. The predicted octanol–water partition coefficient (Wildman–Crippen LogP) is 17.7. The van der Waals surface area contributed by atoms with Crippen LogP contribution in [0, 0.1) is 37.5 Å². The molecule has 9 aromatic carbocycles. The molecule has 664 valence electrons. The molecule has 3 N–H and O–H groups in total. The summed E-state index contributed by atoms with van der Waals surface area (Å²) in [5.74, 6) is 0.659. The molecule has 27 heteroatoms. The predicted molar refractivity (Wildman–Crippen MR) is 491 cm³/mol. The standard InChI is InChI=1S/C27H18O8.C26H27N5OS.C25H29NO5.C24H27NO5/c1-33-25(30)15-12-10-14(11-13-15)20(21-23(28)16-6-2-4-8-18(16)34-26(21)31)22-24(29)17-7-3-5-9-19(17)35-27(22)32;1-16-11-18(3)21(12-17(16)2)22-13-24(31(30-22)20-7-5-4-6-8-20)29-25(32)15-33-26-27-14-23(28-26)19-9-10-19;1-2-29-24(28)25(13-6-10-19-8-4-3-5-9-19)14-7-15-26(17-25)23(27)20-11-12-21-22(16-20)31-18-30-21;1-28-23(27)24(12-5-9-18-7-3-2-4-8-18)13-6-14-25(16-24)22(26)19-10-11-20-21(15-19)30-17-29-20/h2-13,20,28-29H,1H3;4-8,11-13,19H,9-10,14-15H2,1-3H3,(H,29,32);3-5,8-9,11-12,16H,2,6-7,10,13-15,17-18H2,1H3;2-4,7-8,10-11,15H,5-6,9,12-14,16-17H2,1H3. The van der Waals surface area contributed by atoms with E-state index in [1.54, 1.807) is 87.3 Å². The lowest BCUT2D eigenvalue weighted by Gasteiger charge is -2.41. The highest BCUT2D eigenvalue weighted by Crippen LogP contribution is 2.45. The van der Waals surface area contributed by atoms with Crippen LogP contribution >= 0.6 is 11.8 Å². The van der Waals surface area contributed by atoms with Gasteiger partial charge >= 0.3 is 29.2 Å². The Morgan fingerprint density at radius 1 is 0.558 bits per heavy atom. The van der Waals surface area contributed by atoms with E-state index in [0.717, 1.165) is 79.0 Å². The number of nitrogens with zero attached hydrogens (tertiary/aromatic N) is 6. The Labute approximate surface area is 749 Å². The number of aryl methyl sites for hydroxylation is 5. The van der Waals surface area contributed by atoms with Gasteiger partial charge in [0, 0.05) is 54.6 Å². The van der Waals surface area contributed by atoms with Gasteiger partial charge in [-0.15, -0.1) is 0 Å². The van der Waals surface area contributed by atoms with Crippen molar-refractivity contribution in [2.45, 2.75) is 111 Å². The van der Waals surface area contributed by atoms with Crippen molar-refractivity contribution in [3.8, 4) is 51.4 Å². The maximum absolute atomic E-state index is 13.2. The molecular formula is C102H101N7O19S. The van der Waals surface area contributed by atoms with E-state index in [1.807, 2.05) is 79.7 Å². The molecular weight excluding hydrogens is 1660 g/mol. The van der Waals surface area contributed by atoms with Gasteiger partial charge in [0.05, 0.1) is 88.7 Å². The molecule has 8 heterocycles. The third-order valence-electron chi connectivity index (χ3n) is 24.2. The first-order chi connectivity index (χ1) is 62.6. The van der Waals surface area contributed by atoms with Crippen molar-refractivity contribution in [2.24, 2.45) is 26.7 Å². The first-order valence-electron chi connectivity index (χ1n) is 43.3. The minimum atomic E-state index is -1.27. The number of aromatic hydroxyl groups is 2. The maximum atomic E-state index is 13.2. The van der Waals surface area contributed by atoms with Crippen LogP contribution in [-0.4, -0.2) is 149 Å². The summed E-state index contributed by atoms with van der Waals surface area (Å²) < 4.78 is 49.5. The Bertz CT molecular complexity index is 6230. The Morgan fingerprint density at radius 3 is 1.57 bits per heavy atom. The number of para-hydroxylation sites is 3. The fourth-order valence-corrected chi connectivity index (χ4v) is 17.9. The summed E-state index contributed by atoms with van der Waals surface area (Å²) in [7, 11) is 2.68. The minimum absolute atomic E-state index is 0.0882. The van der Waals surface area contributed by atoms with E-state index in [4.69, 9.17) is 47.1 Å². The van der Waals surface area contributed by atoms with Gasteiger partial charge in [0.2, 0.25) is 19.5 Å². The number of carbonyl (C=O) groups is 6. The second-order valence-electron chi connectivity index (χ2n) is 32.8. The number of hydrogen-bond acceptors (Lipinski definition) is 23. The lowest BCUT2D eigenvalue weighted by Crippen LogP contribution is -2.50. The number of aromatic nitrogens is 2. The van der Waals surface area contributed by atoms with Crippen LogP contribution in [0.4, 0.5) is 5.82 Å². The van der Waals surface area contributed by atoms with Gasteiger partial charge in [-0.1, -0.05) is 133 Å². The number of nitrogens with one attached hydrogen (secondary N) is 1. The summed E-state index contributed by atoms with van der Waals surface area (Å²) >= 11 is 1.39. The van der Waals surface area contributed by atoms with Crippen molar-refractivity contribution >= 4 is 86.0 Å². The van der Waals surface area contributed by atoms with Gasteiger partial charge in [-0.2, -0.15) is 5.10 Å². The molecule has 5 aliphatic heterocycles. The Kier molecular flexibility index (Phi) is 28.3. The number of anilines is 1. The smallest absolute Gasteiger partial charge is 0.344 e. The molecule has 129 heavy (non-hydrogen) atoms. The van der Waals surface area contributed by atoms with Gasteiger partial charge in [0.15, 0.2) is 28.2 Å². The fourth-order valence-electron chi connectivity index (χ4n) is 17.2. The van der Waals surface area contributed by atoms with Gasteiger partial charge in [-0.05, 0) is 235 Å². The molecule has 2 saturated heterocycles. The third kappa shape index (κ3) is 20.8. The van der Waals surface area contributed by atoms with Crippen LogP contribution < -0.4 is 35.5 Å². The van der Waals surface area contributed by atoms with Crippen molar-refractivity contribution < 1.29 is 81.0 Å². The Hall–Kier alpha value is -14.1. The highest BCUT2D eigenvalue weighted by atomic mass is 32.2. The number of carbonyl (C=O) groups excluding carboxylic acids is 6. The number of ether oxygens (including phenoxy) is 7. The molecule has 2 unspecified atom stereocenters. The molecule has 0 radical (unpaired) electrons. The average molecular weight is 1760 g/mol. The zero-order valence-corrected chi connectivity index (χ0v) is 73.5. The summed E-state index contributed by atoms with van der Waals surface area (Å²) in [6, 6.07) is 65.9. The average Bonchev–Trinajstić information content (AvgIpc) is 1.50. The molecule has 1 aliphatic carbocycles. The monoisotopic (exact) mass is 1760 g/mol. The Morgan fingerprint density at radius 2 is 1.05 bits per heavy atom. The molecule has 0 bridgehead atoms. The summed E-state index contributed by atoms with van der Waals surface area (Å²) in [5.41, 5.74) is 8.48. The van der Waals surface area contributed by atoms with E-state index >= 15 is 0 Å². The lowest BCUT2D eigenvalue weighted by molar-refractivity contribution is -0.159. The molecule has 2 atom stereocenters. The highest BCUT2D eigenvalue weighted by molar-refractivity contribution is 8.14. The fraction of sp³-hybridized carbons (Fsp3) is 0.304. The maximum Gasteiger partial charge on any atom is 0.344 e. The van der Waals surface area contributed by atoms with Crippen LogP contribution in [0.15, 0.2) is 247 Å². The zero-order valence-electron chi connectivity index (χ0n) is 72.7. The molecule has 3 amide bonds. The third-order valence-corrected chi connectivity index (χ3v) is 25.1. The molecule has 1 saturated carbocycles. The number of amidine groups is 1. The van der Waals surface area contributed by atoms with Crippen molar-refractivity contribution in [1.29, 1.82) is 0 Å². The number of thioether (sulfide) groups is 1. The SMILES string of the molecule is CCOC(=O)C1(CCCc2ccccc2)CCCN(C(=O)c2ccc3c(c2)OCO3)C1.COC(=O)C1(CCCc2ccccc2)CCCN(C(=O)c2ccc3c(c2)OCO3)C1.COC(=O)c1ccc(C(c2c(O)c3ccccc3oc2=O)c2c(O)c3ccccc3oc2=O)cc1.Cc1cc(C)c(-c2cc(NC(=O)CSC3=NCC(C4CC4)=N3)n(-c3ccccc3)n2)cc1C. The van der Waals surface area contributed by atoms with Crippen LogP contribution in [0.25, 0.3) is 38.9 Å². The van der Waals surface area contributed by atoms with E-state index in [0.29, 0.717) is 104 Å². The minimum Gasteiger partial charge on any atom is -0.507 e. The number of likely N-dealkylation sites (tertiary alicyclic amines) is 2. The van der Waals surface area contributed by atoms with Gasteiger partial charge in [0.1, 0.15) is 28.5 Å². The highest BCUT2D eigenvalue weighted by Gasteiger charge is 2.46. The van der Waals surface area contributed by atoms with Crippen LogP contribution in [0.1, 0.15) is 153 Å². The topological polar surface area (TPSA) is 329 Å².